The monoisotopic (exact) mass is 467 g/mol. The quantitative estimate of drug-likeness (QED) is 0.446. The van der Waals surface area contributed by atoms with E-state index in [1.165, 1.54) is 4.88 Å². The summed E-state index contributed by atoms with van der Waals surface area (Å²) in [7, 11) is 0. The number of carbonyl (C=O) groups is 1. The van der Waals surface area contributed by atoms with Crippen LogP contribution in [0.25, 0.3) is 16.1 Å². The van der Waals surface area contributed by atoms with Gasteiger partial charge in [0.2, 0.25) is 0 Å². The van der Waals surface area contributed by atoms with Crippen LogP contribution in [0.2, 0.25) is 0 Å². The Balaban J connectivity index is 1.65. The van der Waals surface area contributed by atoms with Crippen molar-refractivity contribution in [2.24, 2.45) is 4.99 Å². The van der Waals surface area contributed by atoms with E-state index in [1.807, 2.05) is 47.9 Å². The molecular formula is C26H21N5O2S. The molecule has 0 aliphatic carbocycles. The lowest BCUT2D eigenvalue weighted by molar-refractivity contribution is -0.137. The summed E-state index contributed by atoms with van der Waals surface area (Å²) in [6, 6.07) is 17.0. The molecule has 168 valence electrons. The van der Waals surface area contributed by atoms with Gasteiger partial charge in [-0.2, -0.15) is 5.26 Å². The van der Waals surface area contributed by atoms with E-state index in [0.29, 0.717) is 17.2 Å². The van der Waals surface area contributed by atoms with Gasteiger partial charge in [0, 0.05) is 16.0 Å². The third-order valence-corrected chi connectivity index (χ3v) is 7.31. The second-order valence-electron chi connectivity index (χ2n) is 8.26. The fraction of sp³-hybridized carbons (Fsp3) is 0.192. The summed E-state index contributed by atoms with van der Waals surface area (Å²) in [5, 5.41) is 28.1. The summed E-state index contributed by atoms with van der Waals surface area (Å²) in [5.41, 5.74) is 6.44. The lowest BCUT2D eigenvalue weighted by Crippen LogP contribution is -2.10. The number of carboxylic acids is 1. The van der Waals surface area contributed by atoms with Gasteiger partial charge in [-0.3, -0.25) is 14.4 Å². The first-order valence-electron chi connectivity index (χ1n) is 10.8. The van der Waals surface area contributed by atoms with Crippen LogP contribution in [0.3, 0.4) is 0 Å². The van der Waals surface area contributed by atoms with E-state index in [4.69, 9.17) is 10.3 Å². The molecule has 0 radical (unpaired) electrons. The van der Waals surface area contributed by atoms with Gasteiger partial charge < -0.3 is 5.11 Å². The van der Waals surface area contributed by atoms with Crippen molar-refractivity contribution in [1.29, 1.82) is 5.26 Å². The molecule has 2 aromatic heterocycles. The largest absolute Gasteiger partial charge is 0.481 e. The van der Waals surface area contributed by atoms with Crippen LogP contribution in [-0.4, -0.2) is 31.6 Å². The average Bonchev–Trinajstić information content (AvgIpc) is 3.31. The molecule has 34 heavy (non-hydrogen) atoms. The molecule has 8 heteroatoms. The number of fused-ring (bicyclic) bond motifs is 3. The van der Waals surface area contributed by atoms with Crippen molar-refractivity contribution >= 4 is 23.0 Å². The summed E-state index contributed by atoms with van der Waals surface area (Å²) in [4.78, 5) is 17.8. The van der Waals surface area contributed by atoms with E-state index in [1.54, 1.807) is 23.5 Å². The Labute approximate surface area is 200 Å². The van der Waals surface area contributed by atoms with Crippen LogP contribution in [-0.2, 0) is 4.79 Å². The van der Waals surface area contributed by atoms with Gasteiger partial charge in [-0.1, -0.05) is 36.4 Å². The van der Waals surface area contributed by atoms with Gasteiger partial charge in [0.15, 0.2) is 5.82 Å². The van der Waals surface area contributed by atoms with Gasteiger partial charge >= 0.3 is 5.97 Å². The number of nitrogens with zero attached hydrogens (tertiary/aromatic N) is 5. The molecule has 0 bridgehead atoms. The molecule has 2 aromatic carbocycles. The highest BCUT2D eigenvalue weighted by atomic mass is 32.1. The first-order valence-corrected chi connectivity index (χ1v) is 11.6. The Hall–Kier alpha value is -4.09. The fourth-order valence-corrected chi connectivity index (χ4v) is 5.46. The molecule has 3 heterocycles. The Morgan fingerprint density at radius 2 is 1.65 bits per heavy atom. The van der Waals surface area contributed by atoms with Crippen LogP contribution in [0.1, 0.15) is 51.2 Å². The number of carboxylic acid groups (broad SMARTS) is 1. The van der Waals surface area contributed by atoms with E-state index >= 15 is 0 Å². The zero-order valence-corrected chi connectivity index (χ0v) is 19.7. The molecule has 0 saturated heterocycles. The second-order valence-corrected chi connectivity index (χ2v) is 9.47. The molecule has 0 fully saturated rings. The normalized spacial score (nSPS) is 14.5. The molecule has 0 amide bonds. The molecule has 1 aliphatic heterocycles. The number of rotatable bonds is 4. The molecule has 0 saturated carbocycles. The number of aliphatic imine (C=N–C) groups is 1. The van der Waals surface area contributed by atoms with Crippen molar-refractivity contribution in [2.75, 3.05) is 0 Å². The number of thiophene rings is 1. The maximum atomic E-state index is 11.7. The van der Waals surface area contributed by atoms with Crippen molar-refractivity contribution < 1.29 is 9.90 Å². The minimum atomic E-state index is -0.936. The maximum Gasteiger partial charge on any atom is 0.306 e. The number of aliphatic carboxylic acids is 1. The highest BCUT2D eigenvalue weighted by molar-refractivity contribution is 7.15. The zero-order valence-electron chi connectivity index (χ0n) is 18.9. The number of nitriles is 1. The first-order chi connectivity index (χ1) is 16.4. The topological polar surface area (TPSA) is 104 Å². The lowest BCUT2D eigenvalue weighted by Gasteiger charge is -2.11. The molecule has 1 N–H and O–H groups in total. The average molecular weight is 468 g/mol. The fourth-order valence-electron chi connectivity index (χ4n) is 4.25. The van der Waals surface area contributed by atoms with Gasteiger partial charge in [0.1, 0.15) is 16.9 Å². The van der Waals surface area contributed by atoms with Gasteiger partial charge in [0.05, 0.1) is 23.8 Å². The van der Waals surface area contributed by atoms with Gasteiger partial charge in [0.25, 0.3) is 0 Å². The Morgan fingerprint density at radius 1 is 1.03 bits per heavy atom. The lowest BCUT2D eigenvalue weighted by atomic mass is 9.97. The first kappa shape index (κ1) is 21.7. The van der Waals surface area contributed by atoms with Crippen molar-refractivity contribution in [2.45, 2.75) is 33.2 Å². The minimum Gasteiger partial charge on any atom is -0.481 e. The molecule has 4 aromatic rings. The summed E-state index contributed by atoms with van der Waals surface area (Å²) in [5.74, 6) is 0.321. The van der Waals surface area contributed by atoms with Crippen LogP contribution in [0.5, 0.6) is 0 Å². The Kier molecular flexibility index (Phi) is 5.34. The van der Waals surface area contributed by atoms with Gasteiger partial charge in [-0.15, -0.1) is 21.5 Å². The van der Waals surface area contributed by atoms with Gasteiger partial charge in [-0.05, 0) is 49.6 Å². The summed E-state index contributed by atoms with van der Waals surface area (Å²) in [6.07, 6.45) is -0.169. The highest BCUT2D eigenvalue weighted by Crippen LogP contribution is 2.39. The van der Waals surface area contributed by atoms with Crippen LogP contribution < -0.4 is 0 Å². The smallest absolute Gasteiger partial charge is 0.306 e. The predicted molar refractivity (Wildman–Crippen MR) is 131 cm³/mol. The van der Waals surface area contributed by atoms with E-state index < -0.39 is 12.0 Å². The van der Waals surface area contributed by atoms with E-state index in [0.717, 1.165) is 38.5 Å². The molecular weight excluding hydrogens is 446 g/mol. The van der Waals surface area contributed by atoms with E-state index in [9.17, 15) is 9.90 Å². The van der Waals surface area contributed by atoms with Crippen LogP contribution >= 0.6 is 11.3 Å². The van der Waals surface area contributed by atoms with Crippen molar-refractivity contribution in [3.8, 4) is 22.2 Å². The Bertz CT molecular complexity index is 1490. The third-order valence-electron chi connectivity index (χ3n) is 6.11. The number of aromatic nitrogens is 3. The molecule has 0 unspecified atom stereocenters. The predicted octanol–water partition coefficient (Wildman–Crippen LogP) is 5.16. The molecule has 0 spiro atoms. The highest BCUT2D eigenvalue weighted by Gasteiger charge is 2.32. The minimum absolute atomic E-state index is 0.169. The van der Waals surface area contributed by atoms with Crippen molar-refractivity contribution in [3.05, 3.63) is 87.3 Å². The molecule has 5 rings (SSSR count). The SMILES string of the molecule is Cc1sc2c(c1C)C(c1ccc(-c3ccc(C#N)cc3)cc1)=N[C@@H](CC(=O)O)c1nnc(C)n1-2. The van der Waals surface area contributed by atoms with Crippen LogP contribution in [0.4, 0.5) is 0 Å². The van der Waals surface area contributed by atoms with Crippen LogP contribution in [0, 0.1) is 32.1 Å². The van der Waals surface area contributed by atoms with Gasteiger partial charge in [-0.25, -0.2) is 0 Å². The number of hydrogen-bond acceptors (Lipinski definition) is 6. The number of aryl methyl sites for hydroxylation is 2. The maximum absolute atomic E-state index is 11.7. The number of benzene rings is 2. The summed E-state index contributed by atoms with van der Waals surface area (Å²) in [6.45, 7) is 6.02. The van der Waals surface area contributed by atoms with E-state index in [-0.39, 0.29) is 6.42 Å². The molecule has 1 atom stereocenters. The molecule has 1 aliphatic rings. The van der Waals surface area contributed by atoms with Crippen molar-refractivity contribution in [1.82, 2.24) is 14.8 Å². The molecule has 7 nitrogen and oxygen atoms in total. The standard InChI is InChI=1S/C26H21N5O2S/c1-14-15(2)34-26-23(14)24(28-21(12-22(32)33)25-30-29-16(3)31(25)26)20-10-8-19(9-11-20)18-6-4-17(13-27)5-7-18/h4-11,21H,12H2,1-3H3,(H,32,33)/t21-/m0/s1. The van der Waals surface area contributed by atoms with Crippen molar-refractivity contribution in [3.63, 3.8) is 0 Å². The van der Waals surface area contributed by atoms with Crippen LogP contribution in [0.15, 0.2) is 53.5 Å². The second kappa shape index (κ2) is 8.36. The zero-order chi connectivity index (χ0) is 24.0. The Morgan fingerprint density at radius 3 is 2.26 bits per heavy atom. The number of hydrogen-bond donors (Lipinski definition) is 1. The summed E-state index contributed by atoms with van der Waals surface area (Å²) >= 11 is 1.64. The third kappa shape index (κ3) is 3.60. The van der Waals surface area contributed by atoms with E-state index in [2.05, 4.69) is 30.1 Å². The summed E-state index contributed by atoms with van der Waals surface area (Å²) < 4.78 is 1.95.